The SMILES string of the molecule is O=C(CN1CC[C@@H](Oc2cccnc2N2CCCC2)C1)Nc1ccc([N+](=O)[O-])cc1Cl. The topological polar surface area (TPSA) is 101 Å². The molecule has 10 heteroatoms. The summed E-state index contributed by atoms with van der Waals surface area (Å²) in [5.41, 5.74) is 0.237. The second-order valence-corrected chi connectivity index (χ2v) is 8.16. The lowest BCUT2D eigenvalue weighted by Gasteiger charge is -2.22. The maximum atomic E-state index is 12.4. The number of rotatable bonds is 7. The first kappa shape index (κ1) is 21.3. The van der Waals surface area contributed by atoms with Crippen molar-refractivity contribution >= 4 is 34.7 Å². The van der Waals surface area contributed by atoms with Crippen molar-refractivity contribution in [3.05, 3.63) is 51.7 Å². The lowest BCUT2D eigenvalue weighted by molar-refractivity contribution is -0.384. The minimum atomic E-state index is -0.529. The van der Waals surface area contributed by atoms with Gasteiger partial charge in [-0.1, -0.05) is 11.6 Å². The number of nitro benzene ring substituents is 1. The fourth-order valence-electron chi connectivity index (χ4n) is 3.97. The first-order valence-corrected chi connectivity index (χ1v) is 10.7. The average molecular weight is 446 g/mol. The molecule has 1 aromatic carbocycles. The Morgan fingerprint density at radius 3 is 2.84 bits per heavy atom. The van der Waals surface area contributed by atoms with E-state index in [0.29, 0.717) is 12.2 Å². The van der Waals surface area contributed by atoms with Crippen LogP contribution in [0.4, 0.5) is 17.2 Å². The molecule has 164 valence electrons. The number of nitrogens with zero attached hydrogens (tertiary/aromatic N) is 4. The van der Waals surface area contributed by atoms with Gasteiger partial charge in [0.25, 0.3) is 5.69 Å². The van der Waals surface area contributed by atoms with Gasteiger partial charge in [-0.3, -0.25) is 19.8 Å². The van der Waals surface area contributed by atoms with Crippen LogP contribution in [0.5, 0.6) is 5.75 Å². The number of likely N-dealkylation sites (tertiary alicyclic amines) is 1. The van der Waals surface area contributed by atoms with Gasteiger partial charge in [0, 0.05) is 44.5 Å². The normalized spacial score (nSPS) is 18.9. The maximum Gasteiger partial charge on any atom is 0.271 e. The molecule has 3 heterocycles. The van der Waals surface area contributed by atoms with Gasteiger partial charge in [0.05, 0.1) is 22.2 Å². The minimum Gasteiger partial charge on any atom is -0.485 e. The van der Waals surface area contributed by atoms with Crippen LogP contribution in [0.3, 0.4) is 0 Å². The molecule has 2 aliphatic rings. The van der Waals surface area contributed by atoms with E-state index in [1.54, 1.807) is 6.20 Å². The molecule has 0 bridgehead atoms. The number of amides is 1. The zero-order chi connectivity index (χ0) is 21.8. The standard InChI is InChI=1S/C21H24ClN5O4/c22-17-12-15(27(29)30)5-6-18(17)24-20(28)14-25-11-7-16(13-25)31-19-4-3-8-23-21(19)26-9-1-2-10-26/h3-6,8,12,16H,1-2,7,9-11,13-14H2,(H,24,28)/t16-/m1/s1. The van der Waals surface area contributed by atoms with Crippen LogP contribution >= 0.6 is 11.6 Å². The van der Waals surface area contributed by atoms with E-state index >= 15 is 0 Å². The number of carbonyl (C=O) groups is 1. The van der Waals surface area contributed by atoms with Crippen molar-refractivity contribution in [3.63, 3.8) is 0 Å². The molecular weight excluding hydrogens is 422 g/mol. The molecule has 0 unspecified atom stereocenters. The number of hydrogen-bond donors (Lipinski definition) is 1. The van der Waals surface area contributed by atoms with E-state index in [9.17, 15) is 14.9 Å². The van der Waals surface area contributed by atoms with E-state index < -0.39 is 4.92 Å². The van der Waals surface area contributed by atoms with E-state index in [-0.39, 0.29) is 29.3 Å². The van der Waals surface area contributed by atoms with Crippen LogP contribution in [-0.4, -0.2) is 59.5 Å². The summed E-state index contributed by atoms with van der Waals surface area (Å²) in [6.07, 6.45) is 4.93. The number of carbonyl (C=O) groups excluding carboxylic acids is 1. The molecule has 0 radical (unpaired) electrons. The Morgan fingerprint density at radius 2 is 2.10 bits per heavy atom. The summed E-state index contributed by atoms with van der Waals surface area (Å²) in [6, 6.07) is 7.81. The number of aromatic nitrogens is 1. The molecule has 1 atom stereocenters. The van der Waals surface area contributed by atoms with Crippen molar-refractivity contribution in [2.45, 2.75) is 25.4 Å². The van der Waals surface area contributed by atoms with E-state index in [1.165, 1.54) is 31.0 Å². The summed E-state index contributed by atoms with van der Waals surface area (Å²) in [5.74, 6) is 1.46. The Bertz CT molecular complexity index is 967. The molecule has 2 aliphatic heterocycles. The van der Waals surface area contributed by atoms with Crippen LogP contribution < -0.4 is 15.0 Å². The predicted molar refractivity (Wildman–Crippen MR) is 118 cm³/mol. The monoisotopic (exact) mass is 445 g/mol. The second kappa shape index (κ2) is 9.49. The Balaban J connectivity index is 1.31. The first-order valence-electron chi connectivity index (χ1n) is 10.3. The molecule has 31 heavy (non-hydrogen) atoms. The highest BCUT2D eigenvalue weighted by Gasteiger charge is 2.27. The van der Waals surface area contributed by atoms with E-state index in [1.807, 2.05) is 17.0 Å². The number of non-ortho nitro benzene ring substituents is 1. The summed E-state index contributed by atoms with van der Waals surface area (Å²) in [6.45, 7) is 3.56. The van der Waals surface area contributed by atoms with E-state index in [4.69, 9.17) is 16.3 Å². The Morgan fingerprint density at radius 1 is 1.29 bits per heavy atom. The third-order valence-electron chi connectivity index (χ3n) is 5.48. The molecule has 1 amide bonds. The van der Waals surface area contributed by atoms with Gasteiger partial charge in [0.1, 0.15) is 6.10 Å². The smallest absolute Gasteiger partial charge is 0.271 e. The van der Waals surface area contributed by atoms with E-state index in [0.717, 1.165) is 37.6 Å². The second-order valence-electron chi connectivity index (χ2n) is 7.75. The van der Waals surface area contributed by atoms with Crippen LogP contribution in [-0.2, 0) is 4.79 Å². The molecule has 2 aromatic rings. The molecule has 4 rings (SSSR count). The maximum absolute atomic E-state index is 12.4. The molecule has 0 spiro atoms. The van der Waals surface area contributed by atoms with Gasteiger partial charge in [-0.2, -0.15) is 0 Å². The van der Waals surface area contributed by atoms with Crippen LogP contribution in [0.2, 0.25) is 5.02 Å². The van der Waals surface area contributed by atoms with Gasteiger partial charge < -0.3 is 15.0 Å². The highest BCUT2D eigenvalue weighted by atomic mass is 35.5. The van der Waals surface area contributed by atoms with Crippen molar-refractivity contribution in [2.75, 3.05) is 42.9 Å². The van der Waals surface area contributed by atoms with Crippen LogP contribution in [0.15, 0.2) is 36.5 Å². The Hall–Kier alpha value is -2.91. The van der Waals surface area contributed by atoms with Gasteiger partial charge >= 0.3 is 0 Å². The molecule has 0 saturated carbocycles. The van der Waals surface area contributed by atoms with Crippen molar-refractivity contribution in [1.82, 2.24) is 9.88 Å². The number of benzene rings is 1. The van der Waals surface area contributed by atoms with Gasteiger partial charge in [-0.05, 0) is 37.5 Å². The van der Waals surface area contributed by atoms with Crippen molar-refractivity contribution in [1.29, 1.82) is 0 Å². The lowest BCUT2D eigenvalue weighted by Crippen LogP contribution is -2.33. The average Bonchev–Trinajstić information content (AvgIpc) is 3.42. The summed E-state index contributed by atoms with van der Waals surface area (Å²) < 4.78 is 6.24. The van der Waals surface area contributed by atoms with Crippen LogP contribution in [0.1, 0.15) is 19.3 Å². The van der Waals surface area contributed by atoms with Gasteiger partial charge in [0.2, 0.25) is 5.91 Å². The number of halogens is 1. The number of nitro groups is 1. The quantitative estimate of drug-likeness (QED) is 0.515. The third kappa shape index (κ3) is 5.23. The summed E-state index contributed by atoms with van der Waals surface area (Å²) >= 11 is 6.05. The molecule has 2 fully saturated rings. The summed E-state index contributed by atoms with van der Waals surface area (Å²) in [4.78, 5) is 31.5. The molecule has 9 nitrogen and oxygen atoms in total. The highest BCUT2D eigenvalue weighted by molar-refractivity contribution is 6.34. The largest absolute Gasteiger partial charge is 0.485 e. The lowest BCUT2D eigenvalue weighted by atomic mass is 10.3. The highest BCUT2D eigenvalue weighted by Crippen LogP contribution is 2.30. The minimum absolute atomic E-state index is 0.0127. The fraction of sp³-hybridized carbons (Fsp3) is 0.429. The van der Waals surface area contributed by atoms with Crippen LogP contribution in [0, 0.1) is 10.1 Å². The number of anilines is 2. The predicted octanol–water partition coefficient (Wildman–Crippen LogP) is 3.34. The molecule has 1 N–H and O–H groups in total. The van der Waals surface area contributed by atoms with Crippen molar-refractivity contribution in [3.8, 4) is 5.75 Å². The Labute approximate surface area is 185 Å². The summed E-state index contributed by atoms with van der Waals surface area (Å²) in [7, 11) is 0. The number of ether oxygens (including phenoxy) is 1. The van der Waals surface area contributed by atoms with E-state index in [2.05, 4.69) is 15.2 Å². The third-order valence-corrected chi connectivity index (χ3v) is 5.80. The number of pyridine rings is 1. The zero-order valence-electron chi connectivity index (χ0n) is 17.0. The molecule has 1 aromatic heterocycles. The first-order chi connectivity index (χ1) is 15.0. The molecule has 2 saturated heterocycles. The van der Waals surface area contributed by atoms with Gasteiger partial charge in [-0.25, -0.2) is 4.98 Å². The molecular formula is C21H24ClN5O4. The van der Waals surface area contributed by atoms with Crippen molar-refractivity contribution < 1.29 is 14.5 Å². The number of hydrogen-bond acceptors (Lipinski definition) is 7. The molecule has 0 aliphatic carbocycles. The van der Waals surface area contributed by atoms with Gasteiger partial charge in [-0.15, -0.1) is 0 Å². The van der Waals surface area contributed by atoms with Crippen LogP contribution in [0.25, 0.3) is 0 Å². The Kier molecular flexibility index (Phi) is 6.53. The van der Waals surface area contributed by atoms with Gasteiger partial charge in [0.15, 0.2) is 11.6 Å². The number of nitrogens with one attached hydrogen (secondary N) is 1. The fourth-order valence-corrected chi connectivity index (χ4v) is 4.19. The summed E-state index contributed by atoms with van der Waals surface area (Å²) in [5, 5.41) is 13.7. The van der Waals surface area contributed by atoms with Crippen molar-refractivity contribution in [2.24, 2.45) is 0 Å². The zero-order valence-corrected chi connectivity index (χ0v) is 17.8.